The maximum absolute atomic E-state index is 11.8. The summed E-state index contributed by atoms with van der Waals surface area (Å²) in [6.45, 7) is 3.90. The molecule has 116 valence electrons. The quantitative estimate of drug-likeness (QED) is 0.460. The van der Waals surface area contributed by atoms with Gasteiger partial charge in [0.1, 0.15) is 16.0 Å². The van der Waals surface area contributed by atoms with Gasteiger partial charge in [-0.3, -0.25) is 9.78 Å². The summed E-state index contributed by atoms with van der Waals surface area (Å²) < 4.78 is 10.3. The highest BCUT2D eigenvalue weighted by Crippen LogP contribution is 2.31. The van der Waals surface area contributed by atoms with E-state index in [4.69, 9.17) is 9.47 Å². The molecule has 0 aliphatic carbocycles. The van der Waals surface area contributed by atoms with Crippen LogP contribution in [0.5, 0.6) is 5.75 Å². The molecule has 2 heterocycles. The fourth-order valence-electron chi connectivity index (χ4n) is 1.67. The Labute approximate surface area is 133 Å². The molecule has 1 atom stereocenters. The molecule has 0 saturated carbocycles. The number of methoxy groups -OCH3 is 1. The molecule has 0 saturated heterocycles. The molecular formula is C15H17N3O3S. The van der Waals surface area contributed by atoms with E-state index >= 15 is 0 Å². The molecule has 22 heavy (non-hydrogen) atoms. The summed E-state index contributed by atoms with van der Waals surface area (Å²) >= 11 is 1.27. The van der Waals surface area contributed by atoms with Crippen molar-refractivity contribution in [3.8, 4) is 17.3 Å². The highest BCUT2D eigenvalue weighted by molar-refractivity contribution is 8.00. The van der Waals surface area contributed by atoms with E-state index in [9.17, 15) is 4.79 Å². The third-order valence-corrected chi connectivity index (χ3v) is 3.80. The van der Waals surface area contributed by atoms with Gasteiger partial charge in [0.15, 0.2) is 11.6 Å². The second-order valence-electron chi connectivity index (χ2n) is 4.29. The summed E-state index contributed by atoms with van der Waals surface area (Å²) in [7, 11) is 1.54. The van der Waals surface area contributed by atoms with E-state index in [0.717, 1.165) is 0 Å². The van der Waals surface area contributed by atoms with Gasteiger partial charge in [-0.15, -0.1) is 0 Å². The van der Waals surface area contributed by atoms with E-state index in [1.54, 1.807) is 26.2 Å². The molecule has 0 amide bonds. The smallest absolute Gasteiger partial charge is 0.319 e. The SMILES string of the molecule is CCOC(=O)[C@H](C)Sc1nc(-c2ccccn2)ncc1OC. The molecule has 0 unspecified atom stereocenters. The second-order valence-corrected chi connectivity index (χ2v) is 5.62. The third kappa shape index (κ3) is 3.94. The first-order valence-corrected chi connectivity index (χ1v) is 7.69. The van der Waals surface area contributed by atoms with Crippen molar-refractivity contribution < 1.29 is 14.3 Å². The standard InChI is InChI=1S/C15H17N3O3S/c1-4-21-15(19)10(2)22-14-12(20-3)9-17-13(18-14)11-7-5-6-8-16-11/h5-10H,4H2,1-3H3/t10-/m0/s1. The molecule has 2 aromatic rings. The Morgan fingerprint density at radius 3 is 2.82 bits per heavy atom. The molecule has 0 bridgehead atoms. The Morgan fingerprint density at radius 2 is 2.18 bits per heavy atom. The van der Waals surface area contributed by atoms with Crippen LogP contribution in [-0.2, 0) is 9.53 Å². The van der Waals surface area contributed by atoms with Gasteiger partial charge in [-0.05, 0) is 26.0 Å². The predicted molar refractivity (Wildman–Crippen MR) is 83.8 cm³/mol. The maximum atomic E-state index is 11.8. The molecule has 0 radical (unpaired) electrons. The lowest BCUT2D eigenvalue weighted by Crippen LogP contribution is -2.17. The molecule has 2 aromatic heterocycles. The zero-order chi connectivity index (χ0) is 15.9. The van der Waals surface area contributed by atoms with Crippen molar-refractivity contribution in [2.75, 3.05) is 13.7 Å². The van der Waals surface area contributed by atoms with Crippen LogP contribution in [-0.4, -0.2) is 39.9 Å². The van der Waals surface area contributed by atoms with Crippen molar-refractivity contribution in [3.05, 3.63) is 30.6 Å². The van der Waals surface area contributed by atoms with E-state index in [2.05, 4.69) is 15.0 Å². The zero-order valence-electron chi connectivity index (χ0n) is 12.6. The number of esters is 1. The van der Waals surface area contributed by atoms with Gasteiger partial charge in [-0.1, -0.05) is 17.8 Å². The number of carbonyl (C=O) groups is 1. The van der Waals surface area contributed by atoms with Crippen LogP contribution < -0.4 is 4.74 Å². The van der Waals surface area contributed by atoms with Crippen molar-refractivity contribution in [3.63, 3.8) is 0 Å². The topological polar surface area (TPSA) is 74.2 Å². The summed E-state index contributed by atoms with van der Waals surface area (Å²) in [5.74, 6) is 0.716. The first-order valence-electron chi connectivity index (χ1n) is 6.81. The van der Waals surface area contributed by atoms with Crippen molar-refractivity contribution in [1.82, 2.24) is 15.0 Å². The number of carbonyl (C=O) groups excluding carboxylic acids is 1. The summed E-state index contributed by atoms with van der Waals surface area (Å²) in [6.07, 6.45) is 3.26. The maximum Gasteiger partial charge on any atom is 0.319 e. The summed E-state index contributed by atoms with van der Waals surface area (Å²) in [4.78, 5) is 24.7. The number of hydrogen-bond donors (Lipinski definition) is 0. The van der Waals surface area contributed by atoms with Crippen LogP contribution in [0.25, 0.3) is 11.5 Å². The number of hydrogen-bond acceptors (Lipinski definition) is 7. The number of pyridine rings is 1. The first kappa shape index (κ1) is 16.2. The van der Waals surface area contributed by atoms with Crippen molar-refractivity contribution in [1.29, 1.82) is 0 Å². The highest BCUT2D eigenvalue weighted by atomic mass is 32.2. The van der Waals surface area contributed by atoms with Gasteiger partial charge in [-0.2, -0.15) is 0 Å². The minimum atomic E-state index is -0.389. The normalized spacial score (nSPS) is 11.8. The van der Waals surface area contributed by atoms with Crippen molar-refractivity contribution in [2.24, 2.45) is 0 Å². The van der Waals surface area contributed by atoms with E-state index in [1.807, 2.05) is 18.2 Å². The van der Waals surface area contributed by atoms with Crippen LogP contribution in [0, 0.1) is 0 Å². The number of rotatable bonds is 6. The molecule has 0 N–H and O–H groups in total. The molecule has 0 aliphatic heterocycles. The Morgan fingerprint density at radius 1 is 1.36 bits per heavy atom. The Balaban J connectivity index is 2.27. The number of aromatic nitrogens is 3. The molecule has 0 fully saturated rings. The molecule has 0 aliphatic rings. The number of ether oxygens (including phenoxy) is 2. The van der Waals surface area contributed by atoms with Crippen molar-refractivity contribution in [2.45, 2.75) is 24.1 Å². The molecular weight excluding hydrogens is 302 g/mol. The summed E-state index contributed by atoms with van der Waals surface area (Å²) in [5.41, 5.74) is 0.663. The van der Waals surface area contributed by atoms with Gasteiger partial charge in [0.25, 0.3) is 0 Å². The van der Waals surface area contributed by atoms with E-state index < -0.39 is 0 Å². The lowest BCUT2D eigenvalue weighted by molar-refractivity contribution is -0.142. The van der Waals surface area contributed by atoms with Crippen LogP contribution in [0.2, 0.25) is 0 Å². The molecule has 6 nitrogen and oxygen atoms in total. The minimum Gasteiger partial charge on any atom is -0.492 e. The van der Waals surface area contributed by atoms with Crippen LogP contribution in [0.4, 0.5) is 0 Å². The zero-order valence-corrected chi connectivity index (χ0v) is 13.5. The number of thioether (sulfide) groups is 1. The van der Waals surface area contributed by atoms with Gasteiger partial charge < -0.3 is 9.47 Å². The Bertz CT molecular complexity index is 637. The van der Waals surface area contributed by atoms with Crippen LogP contribution in [0.1, 0.15) is 13.8 Å². The van der Waals surface area contributed by atoms with Crippen molar-refractivity contribution >= 4 is 17.7 Å². The van der Waals surface area contributed by atoms with Gasteiger partial charge in [0.2, 0.25) is 0 Å². The summed E-state index contributed by atoms with van der Waals surface area (Å²) in [6, 6.07) is 5.51. The molecule has 0 spiro atoms. The van der Waals surface area contributed by atoms with Gasteiger partial charge in [0, 0.05) is 6.20 Å². The van der Waals surface area contributed by atoms with E-state index in [-0.39, 0.29) is 11.2 Å². The average molecular weight is 319 g/mol. The lowest BCUT2D eigenvalue weighted by atomic mass is 10.3. The van der Waals surface area contributed by atoms with Crippen LogP contribution >= 0.6 is 11.8 Å². The van der Waals surface area contributed by atoms with E-state index in [1.165, 1.54) is 18.9 Å². The van der Waals surface area contributed by atoms with Crippen LogP contribution in [0.15, 0.2) is 35.6 Å². The summed E-state index contributed by atoms with van der Waals surface area (Å²) in [5, 5.41) is 0.194. The van der Waals surface area contributed by atoms with Gasteiger partial charge in [-0.25, -0.2) is 9.97 Å². The average Bonchev–Trinajstić information content (AvgIpc) is 2.55. The van der Waals surface area contributed by atoms with Crippen LogP contribution in [0.3, 0.4) is 0 Å². The molecule has 2 rings (SSSR count). The fourth-order valence-corrected chi connectivity index (χ4v) is 2.56. The second kappa shape index (κ2) is 7.74. The van der Waals surface area contributed by atoms with Gasteiger partial charge in [0.05, 0.1) is 19.9 Å². The molecule has 7 heteroatoms. The highest BCUT2D eigenvalue weighted by Gasteiger charge is 2.20. The van der Waals surface area contributed by atoms with Gasteiger partial charge >= 0.3 is 5.97 Å². The largest absolute Gasteiger partial charge is 0.492 e. The fraction of sp³-hybridized carbons (Fsp3) is 0.333. The first-order chi connectivity index (χ1) is 10.7. The predicted octanol–water partition coefficient (Wildman–Crippen LogP) is 2.59. The van der Waals surface area contributed by atoms with E-state index in [0.29, 0.717) is 28.9 Å². The Kier molecular flexibility index (Phi) is 5.71. The third-order valence-electron chi connectivity index (χ3n) is 2.74. The monoisotopic (exact) mass is 319 g/mol. The Hall–Kier alpha value is -2.15. The number of nitrogens with zero attached hydrogens (tertiary/aromatic N) is 3. The minimum absolute atomic E-state index is 0.285. The lowest BCUT2D eigenvalue weighted by Gasteiger charge is -2.12. The molecule has 0 aromatic carbocycles.